The standard InChI is InChI=1S/C12H25N3O3/c1-12(2,3)18-10(16)8-15-11(17)9(14)6-4-5-7-13/h9H,4-8,13-14H2,1-3H3,(H,15,17)/t9-/m0/s1. The van der Waals surface area contributed by atoms with Gasteiger partial charge in [-0.2, -0.15) is 0 Å². The van der Waals surface area contributed by atoms with E-state index in [0.717, 1.165) is 12.8 Å². The Morgan fingerprint density at radius 1 is 1.28 bits per heavy atom. The molecule has 0 saturated heterocycles. The summed E-state index contributed by atoms with van der Waals surface area (Å²) in [6.45, 7) is 5.74. The smallest absolute Gasteiger partial charge is 0.325 e. The largest absolute Gasteiger partial charge is 0.459 e. The molecule has 6 nitrogen and oxygen atoms in total. The van der Waals surface area contributed by atoms with Gasteiger partial charge in [-0.05, 0) is 40.2 Å². The number of unbranched alkanes of at least 4 members (excludes halogenated alkanes) is 1. The van der Waals surface area contributed by atoms with Gasteiger partial charge in [0.2, 0.25) is 5.91 Å². The number of hydrogen-bond acceptors (Lipinski definition) is 5. The van der Waals surface area contributed by atoms with Crippen molar-refractivity contribution < 1.29 is 14.3 Å². The molecule has 0 radical (unpaired) electrons. The average Bonchev–Trinajstić information content (AvgIpc) is 2.23. The third-order valence-electron chi connectivity index (χ3n) is 2.13. The summed E-state index contributed by atoms with van der Waals surface area (Å²) >= 11 is 0. The zero-order valence-corrected chi connectivity index (χ0v) is 11.5. The highest BCUT2D eigenvalue weighted by Crippen LogP contribution is 2.06. The molecule has 1 atom stereocenters. The number of hydrogen-bond donors (Lipinski definition) is 3. The van der Waals surface area contributed by atoms with Crippen LogP contribution in [0.5, 0.6) is 0 Å². The van der Waals surface area contributed by atoms with Crippen molar-refractivity contribution in [3.63, 3.8) is 0 Å². The van der Waals surface area contributed by atoms with Crippen LogP contribution in [0.4, 0.5) is 0 Å². The highest BCUT2D eigenvalue weighted by atomic mass is 16.6. The zero-order valence-electron chi connectivity index (χ0n) is 11.5. The number of nitrogens with one attached hydrogen (secondary N) is 1. The number of esters is 1. The molecule has 0 aliphatic carbocycles. The average molecular weight is 259 g/mol. The van der Waals surface area contributed by atoms with Crippen LogP contribution in [0.3, 0.4) is 0 Å². The maximum absolute atomic E-state index is 11.5. The molecule has 6 heteroatoms. The second-order valence-electron chi connectivity index (χ2n) is 5.20. The Balaban J connectivity index is 3.85. The molecule has 106 valence electrons. The lowest BCUT2D eigenvalue weighted by molar-refractivity contribution is -0.154. The lowest BCUT2D eigenvalue weighted by Gasteiger charge is -2.20. The maximum atomic E-state index is 11.5. The highest BCUT2D eigenvalue weighted by Gasteiger charge is 2.18. The number of carbonyl (C=O) groups is 2. The molecule has 0 rings (SSSR count). The van der Waals surface area contributed by atoms with Crippen LogP contribution < -0.4 is 16.8 Å². The Kier molecular flexibility index (Phi) is 7.54. The molecule has 0 spiro atoms. The van der Waals surface area contributed by atoms with E-state index in [1.807, 2.05) is 0 Å². The van der Waals surface area contributed by atoms with Gasteiger partial charge in [0.15, 0.2) is 0 Å². The molecule has 0 heterocycles. The number of rotatable bonds is 7. The summed E-state index contributed by atoms with van der Waals surface area (Å²) < 4.78 is 5.06. The van der Waals surface area contributed by atoms with Crippen molar-refractivity contribution in [1.29, 1.82) is 0 Å². The van der Waals surface area contributed by atoms with Crippen molar-refractivity contribution in [1.82, 2.24) is 5.32 Å². The lowest BCUT2D eigenvalue weighted by atomic mass is 10.1. The van der Waals surface area contributed by atoms with Crippen molar-refractivity contribution in [2.24, 2.45) is 11.5 Å². The van der Waals surface area contributed by atoms with Crippen molar-refractivity contribution in [2.45, 2.75) is 51.7 Å². The molecule has 0 aromatic heterocycles. The number of carbonyl (C=O) groups excluding carboxylic acids is 2. The Labute approximate surface area is 108 Å². The molecule has 0 aromatic carbocycles. The molecule has 0 aliphatic heterocycles. The molecule has 0 saturated carbocycles. The fourth-order valence-corrected chi connectivity index (χ4v) is 1.31. The minimum absolute atomic E-state index is 0.152. The van der Waals surface area contributed by atoms with Crippen molar-refractivity contribution in [3.05, 3.63) is 0 Å². The first-order chi connectivity index (χ1) is 8.26. The number of nitrogens with two attached hydrogens (primary N) is 2. The highest BCUT2D eigenvalue weighted by molar-refractivity contribution is 5.85. The van der Waals surface area contributed by atoms with Crippen LogP contribution in [0.1, 0.15) is 40.0 Å². The van der Waals surface area contributed by atoms with Gasteiger partial charge in [0.1, 0.15) is 12.1 Å². The van der Waals surface area contributed by atoms with Crippen LogP contribution >= 0.6 is 0 Å². The summed E-state index contributed by atoms with van der Waals surface area (Å²) in [4.78, 5) is 22.9. The fraction of sp³-hybridized carbons (Fsp3) is 0.833. The normalized spacial score (nSPS) is 12.9. The summed E-state index contributed by atoms with van der Waals surface area (Å²) in [5.41, 5.74) is 10.5. The molecular weight excluding hydrogens is 234 g/mol. The van der Waals surface area contributed by atoms with Gasteiger partial charge in [-0.3, -0.25) is 9.59 Å². The van der Waals surface area contributed by atoms with Crippen LogP contribution in [0.15, 0.2) is 0 Å². The van der Waals surface area contributed by atoms with E-state index in [-0.39, 0.29) is 12.5 Å². The maximum Gasteiger partial charge on any atom is 0.325 e. The van der Waals surface area contributed by atoms with Gasteiger partial charge in [0.05, 0.1) is 6.04 Å². The quantitative estimate of drug-likeness (QED) is 0.437. The van der Waals surface area contributed by atoms with Gasteiger partial charge >= 0.3 is 5.97 Å². The second kappa shape index (κ2) is 8.05. The Hall–Kier alpha value is -1.14. The van der Waals surface area contributed by atoms with E-state index < -0.39 is 17.6 Å². The summed E-state index contributed by atoms with van der Waals surface area (Å²) in [5, 5.41) is 2.46. The van der Waals surface area contributed by atoms with Gasteiger partial charge in [0, 0.05) is 0 Å². The summed E-state index contributed by atoms with van der Waals surface area (Å²) in [7, 11) is 0. The van der Waals surface area contributed by atoms with Crippen molar-refractivity contribution in [3.8, 4) is 0 Å². The summed E-state index contributed by atoms with van der Waals surface area (Å²) in [6.07, 6.45) is 2.21. The minimum atomic E-state index is -0.598. The molecule has 0 unspecified atom stereocenters. The molecule has 18 heavy (non-hydrogen) atoms. The topological polar surface area (TPSA) is 107 Å². The van der Waals surface area contributed by atoms with Gasteiger partial charge in [0.25, 0.3) is 0 Å². The molecule has 0 aliphatic rings. The van der Waals surface area contributed by atoms with E-state index >= 15 is 0 Å². The van der Waals surface area contributed by atoms with Gasteiger partial charge in [-0.1, -0.05) is 6.42 Å². The predicted molar refractivity (Wildman–Crippen MR) is 69.7 cm³/mol. The van der Waals surface area contributed by atoms with E-state index in [2.05, 4.69) is 5.32 Å². The third kappa shape index (κ3) is 8.95. The Morgan fingerprint density at radius 2 is 1.89 bits per heavy atom. The van der Waals surface area contributed by atoms with Crippen LogP contribution in [0, 0.1) is 0 Å². The first kappa shape index (κ1) is 16.9. The summed E-state index contributed by atoms with van der Waals surface area (Å²) in [6, 6.07) is -0.598. The molecule has 0 aromatic rings. The summed E-state index contributed by atoms with van der Waals surface area (Å²) in [5.74, 6) is -0.803. The zero-order chi connectivity index (χ0) is 14.2. The fourth-order valence-electron chi connectivity index (χ4n) is 1.31. The minimum Gasteiger partial charge on any atom is -0.459 e. The number of amides is 1. The van der Waals surface area contributed by atoms with Crippen molar-refractivity contribution >= 4 is 11.9 Å². The molecule has 5 N–H and O–H groups in total. The predicted octanol–water partition coefficient (Wildman–Crippen LogP) is -0.0994. The second-order valence-corrected chi connectivity index (χ2v) is 5.20. The van der Waals surface area contributed by atoms with Crippen LogP contribution in [-0.2, 0) is 14.3 Å². The molecule has 1 amide bonds. The third-order valence-corrected chi connectivity index (χ3v) is 2.13. The molecular formula is C12H25N3O3. The van der Waals surface area contributed by atoms with E-state index in [1.165, 1.54) is 0 Å². The molecule has 0 fully saturated rings. The van der Waals surface area contributed by atoms with E-state index in [4.69, 9.17) is 16.2 Å². The monoisotopic (exact) mass is 259 g/mol. The van der Waals surface area contributed by atoms with E-state index in [0.29, 0.717) is 13.0 Å². The van der Waals surface area contributed by atoms with E-state index in [1.54, 1.807) is 20.8 Å². The van der Waals surface area contributed by atoms with Crippen LogP contribution in [-0.4, -0.2) is 36.6 Å². The first-order valence-electron chi connectivity index (χ1n) is 6.21. The van der Waals surface area contributed by atoms with E-state index in [9.17, 15) is 9.59 Å². The van der Waals surface area contributed by atoms with Gasteiger partial charge in [-0.25, -0.2) is 0 Å². The number of ether oxygens (including phenoxy) is 1. The van der Waals surface area contributed by atoms with Crippen LogP contribution in [0.25, 0.3) is 0 Å². The lowest BCUT2D eigenvalue weighted by Crippen LogP contribution is -2.43. The molecule has 0 bridgehead atoms. The van der Waals surface area contributed by atoms with Gasteiger partial charge in [-0.15, -0.1) is 0 Å². The van der Waals surface area contributed by atoms with Crippen molar-refractivity contribution in [2.75, 3.05) is 13.1 Å². The van der Waals surface area contributed by atoms with Gasteiger partial charge < -0.3 is 21.5 Å². The Bertz CT molecular complexity index is 274. The van der Waals surface area contributed by atoms with Crippen LogP contribution in [0.2, 0.25) is 0 Å². The Morgan fingerprint density at radius 3 is 2.39 bits per heavy atom. The first-order valence-corrected chi connectivity index (χ1v) is 6.21. The SMILES string of the molecule is CC(C)(C)OC(=O)CNC(=O)[C@@H](N)CCCCN.